The molecule has 7 heteroatoms. The summed E-state index contributed by atoms with van der Waals surface area (Å²) in [5.41, 5.74) is -0.0360. The first-order valence-electron chi connectivity index (χ1n) is 6.83. The number of aromatic nitrogens is 2. The van der Waals surface area contributed by atoms with Crippen LogP contribution in [-0.4, -0.2) is 36.4 Å². The van der Waals surface area contributed by atoms with E-state index in [1.165, 1.54) is 18.2 Å². The molecule has 0 bridgehead atoms. The van der Waals surface area contributed by atoms with Gasteiger partial charge in [-0.2, -0.15) is 0 Å². The van der Waals surface area contributed by atoms with Gasteiger partial charge in [0.1, 0.15) is 11.6 Å². The summed E-state index contributed by atoms with van der Waals surface area (Å²) in [5, 5.41) is 13.4. The number of hydrogen-bond acceptors (Lipinski definition) is 5. The van der Waals surface area contributed by atoms with Gasteiger partial charge in [0, 0.05) is 20.3 Å². The maximum Gasteiger partial charge on any atom is 0.259 e. The Hall–Kier alpha value is -2.54. The van der Waals surface area contributed by atoms with Gasteiger partial charge in [0.05, 0.1) is 5.56 Å². The molecule has 0 unspecified atom stereocenters. The number of nitrogens with zero attached hydrogens (tertiary/aromatic N) is 2. The highest BCUT2D eigenvalue weighted by Crippen LogP contribution is 2.11. The van der Waals surface area contributed by atoms with Crippen LogP contribution in [0.2, 0.25) is 0 Å². The van der Waals surface area contributed by atoms with E-state index in [1.54, 1.807) is 25.3 Å². The van der Waals surface area contributed by atoms with Crippen molar-refractivity contribution in [2.24, 2.45) is 0 Å². The highest BCUT2D eigenvalue weighted by molar-refractivity contribution is 6.03. The van der Waals surface area contributed by atoms with Crippen LogP contribution in [0.3, 0.4) is 0 Å². The van der Waals surface area contributed by atoms with Gasteiger partial charge in [-0.25, -0.2) is 4.39 Å². The molecule has 0 saturated carbocycles. The second-order valence-electron chi connectivity index (χ2n) is 4.51. The van der Waals surface area contributed by atoms with Crippen LogP contribution in [0.25, 0.3) is 0 Å². The van der Waals surface area contributed by atoms with Crippen LogP contribution in [-0.2, 0) is 4.74 Å². The quantitative estimate of drug-likeness (QED) is 0.768. The van der Waals surface area contributed by atoms with E-state index in [9.17, 15) is 9.18 Å². The molecular formula is C15H17FN4O2. The van der Waals surface area contributed by atoms with Gasteiger partial charge in [-0.3, -0.25) is 4.79 Å². The molecule has 0 radical (unpaired) electrons. The van der Waals surface area contributed by atoms with Gasteiger partial charge in [-0.1, -0.05) is 12.1 Å². The number of anilines is 2. The van der Waals surface area contributed by atoms with Gasteiger partial charge in [0.25, 0.3) is 5.91 Å². The smallest absolute Gasteiger partial charge is 0.259 e. The van der Waals surface area contributed by atoms with E-state index in [0.29, 0.717) is 19.0 Å². The molecular weight excluding hydrogens is 287 g/mol. The molecule has 6 nitrogen and oxygen atoms in total. The first kappa shape index (κ1) is 15.8. The monoisotopic (exact) mass is 304 g/mol. The fourth-order valence-corrected chi connectivity index (χ4v) is 1.76. The number of rotatable bonds is 7. The lowest BCUT2D eigenvalue weighted by molar-refractivity contribution is 0.102. The fraction of sp³-hybridized carbons (Fsp3) is 0.267. The Morgan fingerprint density at radius 1 is 1.18 bits per heavy atom. The van der Waals surface area contributed by atoms with Crippen molar-refractivity contribution in [2.75, 3.05) is 30.9 Å². The number of amides is 1. The molecule has 0 atom stereocenters. The zero-order valence-electron chi connectivity index (χ0n) is 12.2. The SMILES string of the molecule is COCCCNc1ccc(NC(=O)c2ccccc2F)nn1. The highest BCUT2D eigenvalue weighted by Gasteiger charge is 2.11. The van der Waals surface area contributed by atoms with E-state index in [2.05, 4.69) is 20.8 Å². The first-order chi connectivity index (χ1) is 10.7. The summed E-state index contributed by atoms with van der Waals surface area (Å²) in [6.45, 7) is 1.38. The standard InChI is InChI=1S/C15H17FN4O2/c1-22-10-4-9-17-13-7-8-14(20-19-13)18-15(21)11-5-2-3-6-12(11)16/h2-3,5-8H,4,9-10H2,1H3,(H,17,19)(H,18,20,21). The topological polar surface area (TPSA) is 76.1 Å². The van der Waals surface area contributed by atoms with Crippen molar-refractivity contribution in [1.82, 2.24) is 10.2 Å². The largest absolute Gasteiger partial charge is 0.385 e. The zero-order valence-corrected chi connectivity index (χ0v) is 12.2. The molecule has 1 heterocycles. The summed E-state index contributed by atoms with van der Waals surface area (Å²) in [5.74, 6) is -0.284. The van der Waals surface area contributed by atoms with E-state index in [0.717, 1.165) is 6.42 Å². The van der Waals surface area contributed by atoms with Gasteiger partial charge in [0.15, 0.2) is 5.82 Å². The molecule has 2 rings (SSSR count). The van der Waals surface area contributed by atoms with Crippen molar-refractivity contribution in [3.63, 3.8) is 0 Å². The molecule has 1 amide bonds. The Kier molecular flexibility index (Phi) is 5.79. The van der Waals surface area contributed by atoms with Crippen molar-refractivity contribution < 1.29 is 13.9 Å². The Labute approximate surface area is 127 Å². The van der Waals surface area contributed by atoms with Crippen molar-refractivity contribution in [3.05, 3.63) is 47.8 Å². The van der Waals surface area contributed by atoms with E-state index in [1.807, 2.05) is 0 Å². The lowest BCUT2D eigenvalue weighted by atomic mass is 10.2. The van der Waals surface area contributed by atoms with Gasteiger partial charge in [-0.05, 0) is 30.7 Å². The predicted molar refractivity (Wildman–Crippen MR) is 81.4 cm³/mol. The van der Waals surface area contributed by atoms with E-state index < -0.39 is 11.7 Å². The summed E-state index contributed by atoms with van der Waals surface area (Å²) in [6, 6.07) is 9.05. The van der Waals surface area contributed by atoms with Crippen LogP contribution in [0.4, 0.5) is 16.0 Å². The molecule has 2 aromatic rings. The Bertz CT molecular complexity index is 619. The average Bonchev–Trinajstić information content (AvgIpc) is 2.53. The minimum Gasteiger partial charge on any atom is -0.385 e. The van der Waals surface area contributed by atoms with Gasteiger partial charge in [0.2, 0.25) is 0 Å². The minimum atomic E-state index is -0.579. The number of halogens is 1. The number of carbonyl (C=O) groups is 1. The summed E-state index contributed by atoms with van der Waals surface area (Å²) in [7, 11) is 1.65. The van der Waals surface area contributed by atoms with Crippen LogP contribution in [0, 0.1) is 5.82 Å². The molecule has 0 spiro atoms. The highest BCUT2D eigenvalue weighted by atomic mass is 19.1. The van der Waals surface area contributed by atoms with Crippen LogP contribution < -0.4 is 10.6 Å². The number of carbonyl (C=O) groups excluding carboxylic acids is 1. The van der Waals surface area contributed by atoms with Crippen LogP contribution in [0.1, 0.15) is 16.8 Å². The molecule has 0 aliphatic carbocycles. The number of methoxy groups -OCH3 is 1. The summed E-state index contributed by atoms with van der Waals surface area (Å²) < 4.78 is 18.4. The summed E-state index contributed by atoms with van der Waals surface area (Å²) in [6.07, 6.45) is 0.851. The lowest BCUT2D eigenvalue weighted by Crippen LogP contribution is -2.15. The van der Waals surface area contributed by atoms with E-state index in [4.69, 9.17) is 4.74 Å². The second kappa shape index (κ2) is 8.04. The van der Waals surface area contributed by atoms with Gasteiger partial charge < -0.3 is 15.4 Å². The fourth-order valence-electron chi connectivity index (χ4n) is 1.76. The number of benzene rings is 1. The third-order valence-electron chi connectivity index (χ3n) is 2.86. The molecule has 116 valence electrons. The van der Waals surface area contributed by atoms with E-state index >= 15 is 0 Å². The molecule has 0 saturated heterocycles. The average molecular weight is 304 g/mol. The van der Waals surface area contributed by atoms with Crippen LogP contribution in [0.5, 0.6) is 0 Å². The minimum absolute atomic E-state index is 0.0360. The van der Waals surface area contributed by atoms with Crippen LogP contribution >= 0.6 is 0 Å². The lowest BCUT2D eigenvalue weighted by Gasteiger charge is -2.07. The molecule has 2 N–H and O–H groups in total. The van der Waals surface area contributed by atoms with Crippen molar-refractivity contribution in [1.29, 1.82) is 0 Å². The van der Waals surface area contributed by atoms with Crippen molar-refractivity contribution in [2.45, 2.75) is 6.42 Å². The third-order valence-corrected chi connectivity index (χ3v) is 2.86. The molecule has 22 heavy (non-hydrogen) atoms. The Balaban J connectivity index is 1.91. The number of ether oxygens (including phenoxy) is 1. The molecule has 0 aliphatic heterocycles. The number of nitrogens with one attached hydrogen (secondary N) is 2. The Morgan fingerprint density at radius 2 is 1.91 bits per heavy atom. The Morgan fingerprint density at radius 3 is 2.59 bits per heavy atom. The van der Waals surface area contributed by atoms with Gasteiger partial charge >= 0.3 is 0 Å². The maximum atomic E-state index is 13.5. The molecule has 0 aliphatic rings. The normalized spacial score (nSPS) is 10.3. The second-order valence-corrected chi connectivity index (χ2v) is 4.51. The van der Waals surface area contributed by atoms with E-state index in [-0.39, 0.29) is 11.4 Å². The van der Waals surface area contributed by atoms with Crippen molar-refractivity contribution >= 4 is 17.5 Å². The summed E-state index contributed by atoms with van der Waals surface area (Å²) >= 11 is 0. The molecule has 1 aromatic carbocycles. The van der Waals surface area contributed by atoms with Crippen molar-refractivity contribution in [3.8, 4) is 0 Å². The predicted octanol–water partition coefficient (Wildman–Crippen LogP) is 2.32. The maximum absolute atomic E-state index is 13.5. The zero-order chi connectivity index (χ0) is 15.8. The molecule has 1 aromatic heterocycles. The van der Waals surface area contributed by atoms with Gasteiger partial charge in [-0.15, -0.1) is 10.2 Å². The molecule has 0 fully saturated rings. The third kappa shape index (κ3) is 4.49. The summed E-state index contributed by atoms with van der Waals surface area (Å²) in [4.78, 5) is 11.9. The number of hydrogen-bond donors (Lipinski definition) is 2. The van der Waals surface area contributed by atoms with Crippen LogP contribution in [0.15, 0.2) is 36.4 Å². The first-order valence-corrected chi connectivity index (χ1v) is 6.83.